The molecule has 1 aliphatic heterocycles. The molecule has 0 bridgehead atoms. The molecule has 32 heavy (non-hydrogen) atoms. The highest BCUT2D eigenvalue weighted by molar-refractivity contribution is 7.89. The van der Waals surface area contributed by atoms with Gasteiger partial charge in [0.25, 0.3) is 5.91 Å². The molecule has 1 fully saturated rings. The number of carbonyl (C=O) groups excluding carboxylic acids is 1. The van der Waals surface area contributed by atoms with E-state index in [0.29, 0.717) is 10.6 Å². The number of amides is 1. The summed E-state index contributed by atoms with van der Waals surface area (Å²) < 4.78 is 42.4. The van der Waals surface area contributed by atoms with Gasteiger partial charge in [-0.15, -0.1) is 0 Å². The minimum absolute atomic E-state index is 0.102. The van der Waals surface area contributed by atoms with Gasteiger partial charge >= 0.3 is 0 Å². The number of benzene rings is 2. The van der Waals surface area contributed by atoms with E-state index in [1.54, 1.807) is 33.8 Å². The summed E-state index contributed by atoms with van der Waals surface area (Å²) in [7, 11) is -3.95. The van der Waals surface area contributed by atoms with Gasteiger partial charge in [-0.1, -0.05) is 23.7 Å². The Morgan fingerprint density at radius 2 is 1.62 bits per heavy atom. The normalized spacial score (nSPS) is 15.2. The highest BCUT2D eigenvalue weighted by Crippen LogP contribution is 2.24. The molecule has 168 valence electrons. The molecule has 1 aliphatic rings. The molecule has 4 rings (SSSR count). The van der Waals surface area contributed by atoms with E-state index in [1.165, 1.54) is 22.5 Å². The van der Waals surface area contributed by atoms with Crippen LogP contribution >= 0.6 is 11.6 Å². The van der Waals surface area contributed by atoms with E-state index in [2.05, 4.69) is 5.10 Å². The molecule has 10 heteroatoms. The van der Waals surface area contributed by atoms with Crippen molar-refractivity contribution >= 4 is 27.5 Å². The summed E-state index contributed by atoms with van der Waals surface area (Å²) in [5.74, 6) is -0.971. The van der Waals surface area contributed by atoms with Gasteiger partial charge in [0.05, 0.1) is 22.1 Å². The van der Waals surface area contributed by atoms with Crippen molar-refractivity contribution in [2.24, 2.45) is 0 Å². The van der Waals surface area contributed by atoms with E-state index in [0.717, 1.165) is 23.1 Å². The van der Waals surface area contributed by atoms with E-state index < -0.39 is 15.8 Å². The number of sulfonamides is 1. The molecule has 0 atom stereocenters. The third kappa shape index (κ3) is 4.03. The van der Waals surface area contributed by atoms with Crippen molar-refractivity contribution in [1.82, 2.24) is 19.0 Å². The second-order valence-electron chi connectivity index (χ2n) is 7.57. The van der Waals surface area contributed by atoms with E-state index in [9.17, 15) is 17.6 Å². The van der Waals surface area contributed by atoms with Crippen molar-refractivity contribution in [2.45, 2.75) is 18.7 Å². The molecule has 2 heterocycles. The summed E-state index contributed by atoms with van der Waals surface area (Å²) in [5.41, 5.74) is 2.82. The lowest BCUT2D eigenvalue weighted by atomic mass is 10.1. The Labute approximate surface area is 191 Å². The lowest BCUT2D eigenvalue weighted by Crippen LogP contribution is -2.50. The highest BCUT2D eigenvalue weighted by Gasteiger charge is 2.32. The van der Waals surface area contributed by atoms with Gasteiger partial charge < -0.3 is 4.90 Å². The van der Waals surface area contributed by atoms with Crippen molar-refractivity contribution in [3.8, 4) is 5.69 Å². The van der Waals surface area contributed by atoms with Crippen LogP contribution in [-0.4, -0.2) is 59.5 Å². The first-order valence-electron chi connectivity index (χ1n) is 10.1. The molecular formula is C22H22ClFN4O3S. The van der Waals surface area contributed by atoms with Gasteiger partial charge in [-0.3, -0.25) is 4.79 Å². The first-order chi connectivity index (χ1) is 15.2. The Bertz CT molecular complexity index is 1270. The summed E-state index contributed by atoms with van der Waals surface area (Å²) >= 11 is 6.21. The molecule has 2 aromatic carbocycles. The maximum Gasteiger partial charge on any atom is 0.253 e. The molecule has 0 aliphatic carbocycles. The minimum Gasteiger partial charge on any atom is -0.336 e. The molecule has 1 amide bonds. The van der Waals surface area contributed by atoms with E-state index in [1.807, 2.05) is 13.8 Å². The predicted molar refractivity (Wildman–Crippen MR) is 119 cm³/mol. The smallest absolute Gasteiger partial charge is 0.253 e. The Morgan fingerprint density at radius 1 is 1.00 bits per heavy atom. The predicted octanol–water partition coefficient (Wildman–Crippen LogP) is 3.43. The summed E-state index contributed by atoms with van der Waals surface area (Å²) in [6, 6.07) is 12.3. The van der Waals surface area contributed by atoms with Crippen molar-refractivity contribution in [3.63, 3.8) is 0 Å². The van der Waals surface area contributed by atoms with Crippen molar-refractivity contribution in [3.05, 3.63) is 76.3 Å². The van der Waals surface area contributed by atoms with Gasteiger partial charge in [-0.2, -0.15) is 9.40 Å². The van der Waals surface area contributed by atoms with Crippen LogP contribution in [0.2, 0.25) is 5.02 Å². The van der Waals surface area contributed by atoms with Gasteiger partial charge in [0.2, 0.25) is 10.0 Å². The Hall–Kier alpha value is -2.75. The number of hydrogen-bond donors (Lipinski definition) is 0. The van der Waals surface area contributed by atoms with E-state index in [4.69, 9.17) is 11.6 Å². The zero-order valence-corrected chi connectivity index (χ0v) is 19.2. The third-order valence-corrected chi connectivity index (χ3v) is 8.02. The Kier molecular flexibility index (Phi) is 6.07. The van der Waals surface area contributed by atoms with Crippen LogP contribution in [0.5, 0.6) is 0 Å². The van der Waals surface area contributed by atoms with Crippen molar-refractivity contribution < 1.29 is 17.6 Å². The van der Waals surface area contributed by atoms with Crippen LogP contribution < -0.4 is 0 Å². The van der Waals surface area contributed by atoms with Gasteiger partial charge in [0.15, 0.2) is 0 Å². The van der Waals surface area contributed by atoms with Crippen molar-refractivity contribution in [2.75, 3.05) is 26.2 Å². The fraction of sp³-hybridized carbons (Fsp3) is 0.273. The van der Waals surface area contributed by atoms with E-state index in [-0.39, 0.29) is 37.0 Å². The molecule has 7 nitrogen and oxygen atoms in total. The summed E-state index contributed by atoms with van der Waals surface area (Å²) in [6.45, 7) is 4.35. The number of piperazine rings is 1. The van der Waals surface area contributed by atoms with Crippen LogP contribution in [-0.2, 0) is 10.0 Å². The molecule has 1 saturated heterocycles. The first kappa shape index (κ1) is 22.4. The van der Waals surface area contributed by atoms with E-state index >= 15 is 0 Å². The number of nitrogens with zero attached hydrogens (tertiary/aromatic N) is 4. The largest absolute Gasteiger partial charge is 0.336 e. The molecule has 0 unspecified atom stereocenters. The standard InChI is InChI=1S/C22H22ClFN4O3S/c1-15-21(23)16(2)28(25-15)18-9-7-17(8-10-18)22(29)26-11-13-27(14-12-26)32(30,31)20-6-4-3-5-19(20)24/h3-10H,11-14H2,1-2H3. The Balaban J connectivity index is 1.44. The van der Waals surface area contributed by atoms with Crippen LogP contribution in [0.3, 0.4) is 0 Å². The number of aromatic nitrogens is 2. The second kappa shape index (κ2) is 8.65. The lowest BCUT2D eigenvalue weighted by molar-refractivity contribution is 0.0697. The maximum atomic E-state index is 14.0. The quantitative estimate of drug-likeness (QED) is 0.578. The highest BCUT2D eigenvalue weighted by atomic mass is 35.5. The summed E-state index contributed by atoms with van der Waals surface area (Å²) in [4.78, 5) is 14.2. The van der Waals surface area contributed by atoms with Gasteiger partial charge in [0, 0.05) is 31.7 Å². The zero-order valence-electron chi connectivity index (χ0n) is 17.6. The molecule has 0 spiro atoms. The van der Waals surface area contributed by atoms with Crippen molar-refractivity contribution in [1.29, 1.82) is 0 Å². The van der Waals surface area contributed by atoms with Crippen LogP contribution in [0.4, 0.5) is 4.39 Å². The van der Waals surface area contributed by atoms with Gasteiger partial charge in [-0.25, -0.2) is 17.5 Å². The van der Waals surface area contributed by atoms with Gasteiger partial charge in [-0.05, 0) is 50.2 Å². The molecule has 0 N–H and O–H groups in total. The fourth-order valence-corrected chi connectivity index (χ4v) is 5.33. The fourth-order valence-electron chi connectivity index (χ4n) is 3.73. The monoisotopic (exact) mass is 476 g/mol. The lowest BCUT2D eigenvalue weighted by Gasteiger charge is -2.34. The average Bonchev–Trinajstić information content (AvgIpc) is 3.06. The molecule has 3 aromatic rings. The molecule has 1 aromatic heterocycles. The summed E-state index contributed by atoms with van der Waals surface area (Å²) in [6.07, 6.45) is 0. The number of aryl methyl sites for hydroxylation is 1. The minimum atomic E-state index is -3.95. The average molecular weight is 477 g/mol. The molecular weight excluding hydrogens is 455 g/mol. The van der Waals surface area contributed by atoms with Gasteiger partial charge in [0.1, 0.15) is 10.7 Å². The Morgan fingerprint density at radius 3 is 2.19 bits per heavy atom. The number of rotatable bonds is 4. The third-order valence-electron chi connectivity index (χ3n) is 5.54. The SMILES string of the molecule is Cc1nn(-c2ccc(C(=O)N3CCN(S(=O)(=O)c4ccccc4F)CC3)cc2)c(C)c1Cl. The zero-order chi connectivity index (χ0) is 23.0. The molecule has 0 radical (unpaired) electrons. The number of carbonyl (C=O) groups is 1. The second-order valence-corrected chi connectivity index (χ2v) is 9.85. The molecule has 0 saturated carbocycles. The van der Waals surface area contributed by atoms with Crippen LogP contribution in [0.1, 0.15) is 21.7 Å². The van der Waals surface area contributed by atoms with Crippen LogP contribution in [0.25, 0.3) is 5.69 Å². The van der Waals surface area contributed by atoms with Crippen LogP contribution in [0, 0.1) is 19.7 Å². The number of hydrogen-bond acceptors (Lipinski definition) is 4. The summed E-state index contributed by atoms with van der Waals surface area (Å²) in [5, 5.41) is 5.01. The number of halogens is 2. The first-order valence-corrected chi connectivity index (χ1v) is 11.9. The topological polar surface area (TPSA) is 75.5 Å². The van der Waals surface area contributed by atoms with Crippen LogP contribution in [0.15, 0.2) is 53.4 Å². The maximum absolute atomic E-state index is 14.0.